The lowest BCUT2D eigenvalue weighted by Gasteiger charge is -2.16. The number of nitrogens with one attached hydrogen (secondary N) is 1. The van der Waals surface area contributed by atoms with E-state index in [1.165, 1.54) is 12.1 Å². The zero-order chi connectivity index (χ0) is 12.3. The second-order valence-electron chi connectivity index (χ2n) is 4.51. The van der Waals surface area contributed by atoms with Crippen LogP contribution in [0.2, 0.25) is 0 Å². The van der Waals surface area contributed by atoms with Crippen LogP contribution in [-0.2, 0) is 6.54 Å². The number of likely N-dealkylation sites (N-methyl/N-ethyl adjacent to an activating group) is 1. The maximum absolute atomic E-state index is 13.5. The van der Waals surface area contributed by atoms with Crippen molar-refractivity contribution >= 4 is 0 Å². The molecule has 1 heterocycles. The minimum Gasteiger partial charge on any atom is -0.313 e. The number of halogens is 2. The van der Waals surface area contributed by atoms with Crippen molar-refractivity contribution in [1.29, 1.82) is 0 Å². The van der Waals surface area contributed by atoms with Crippen molar-refractivity contribution in [3.63, 3.8) is 0 Å². The van der Waals surface area contributed by atoms with Gasteiger partial charge in [0.2, 0.25) is 0 Å². The zero-order valence-corrected chi connectivity index (χ0v) is 10.0. The Morgan fingerprint density at radius 3 is 2.94 bits per heavy atom. The molecule has 2 nitrogen and oxygen atoms in total. The van der Waals surface area contributed by atoms with Gasteiger partial charge in [-0.25, -0.2) is 8.78 Å². The van der Waals surface area contributed by atoms with E-state index in [2.05, 4.69) is 17.1 Å². The van der Waals surface area contributed by atoms with Gasteiger partial charge in [-0.05, 0) is 19.0 Å². The quantitative estimate of drug-likeness (QED) is 0.867. The van der Waals surface area contributed by atoms with Gasteiger partial charge in [-0.1, -0.05) is 13.0 Å². The molecule has 0 aliphatic carbocycles. The summed E-state index contributed by atoms with van der Waals surface area (Å²) in [5, 5.41) is 3.39. The molecule has 1 saturated heterocycles. The van der Waals surface area contributed by atoms with Gasteiger partial charge in [0.05, 0.1) is 0 Å². The fourth-order valence-electron chi connectivity index (χ4n) is 2.32. The largest absolute Gasteiger partial charge is 0.313 e. The lowest BCUT2D eigenvalue weighted by atomic mass is 10.2. The van der Waals surface area contributed by atoms with Crippen LogP contribution in [0.5, 0.6) is 0 Å². The summed E-state index contributed by atoms with van der Waals surface area (Å²) < 4.78 is 26.2. The summed E-state index contributed by atoms with van der Waals surface area (Å²) in [6.07, 6.45) is 1.09. The van der Waals surface area contributed by atoms with Gasteiger partial charge in [0.15, 0.2) is 0 Å². The molecule has 1 atom stereocenters. The molecule has 0 aromatic heterocycles. The number of benzene rings is 1. The molecule has 1 aliphatic heterocycles. The van der Waals surface area contributed by atoms with Crippen molar-refractivity contribution < 1.29 is 8.78 Å². The third kappa shape index (κ3) is 3.23. The molecule has 1 N–H and O–H groups in total. The number of hydrogen-bond acceptors (Lipinski definition) is 2. The van der Waals surface area contributed by atoms with Crippen LogP contribution in [0.15, 0.2) is 18.2 Å². The Bertz CT molecular complexity index is 382. The van der Waals surface area contributed by atoms with E-state index in [0.717, 1.165) is 32.1 Å². The van der Waals surface area contributed by atoms with Gasteiger partial charge >= 0.3 is 0 Å². The van der Waals surface area contributed by atoms with Gasteiger partial charge in [-0.3, -0.25) is 4.90 Å². The molecule has 17 heavy (non-hydrogen) atoms. The van der Waals surface area contributed by atoms with E-state index in [9.17, 15) is 8.78 Å². The van der Waals surface area contributed by atoms with E-state index in [1.54, 1.807) is 0 Å². The summed E-state index contributed by atoms with van der Waals surface area (Å²) in [4.78, 5) is 2.20. The zero-order valence-electron chi connectivity index (χ0n) is 10.0. The van der Waals surface area contributed by atoms with Gasteiger partial charge in [0.1, 0.15) is 11.6 Å². The summed E-state index contributed by atoms with van der Waals surface area (Å²) >= 11 is 0. The van der Waals surface area contributed by atoms with Crippen LogP contribution in [0.25, 0.3) is 0 Å². The summed E-state index contributed by atoms with van der Waals surface area (Å²) in [6, 6.07) is 4.30. The maximum Gasteiger partial charge on any atom is 0.130 e. The van der Waals surface area contributed by atoms with Crippen LogP contribution >= 0.6 is 0 Å². The summed E-state index contributed by atoms with van der Waals surface area (Å²) in [6.45, 7) is 5.51. The molecule has 1 aliphatic rings. The minimum atomic E-state index is -0.516. The van der Waals surface area contributed by atoms with Crippen LogP contribution in [0.4, 0.5) is 8.78 Å². The summed E-state index contributed by atoms with van der Waals surface area (Å²) in [7, 11) is 0. The average Bonchev–Trinajstić information content (AvgIpc) is 2.71. The first-order chi connectivity index (χ1) is 8.19. The molecule has 1 aromatic carbocycles. The standard InChI is InChI=1S/C13H18F2N2/c1-2-16-12-5-6-17(9-12)8-10-3-4-11(14)7-13(10)15/h3-4,7,12,16H,2,5-6,8-9H2,1H3. The first-order valence-electron chi connectivity index (χ1n) is 6.08. The highest BCUT2D eigenvalue weighted by Gasteiger charge is 2.22. The van der Waals surface area contributed by atoms with Crippen molar-refractivity contribution in [3.05, 3.63) is 35.4 Å². The van der Waals surface area contributed by atoms with Gasteiger partial charge < -0.3 is 5.32 Å². The molecule has 0 bridgehead atoms. The van der Waals surface area contributed by atoms with Crippen LogP contribution in [0.1, 0.15) is 18.9 Å². The number of likely N-dealkylation sites (tertiary alicyclic amines) is 1. The lowest BCUT2D eigenvalue weighted by Crippen LogP contribution is -2.32. The number of hydrogen-bond donors (Lipinski definition) is 1. The van der Waals surface area contributed by atoms with Gasteiger partial charge in [0, 0.05) is 37.3 Å². The normalized spacial score (nSPS) is 21.0. The predicted octanol–water partition coefficient (Wildman–Crippen LogP) is 2.15. The molecule has 0 radical (unpaired) electrons. The molecule has 2 rings (SSSR count). The molecule has 0 saturated carbocycles. The first-order valence-corrected chi connectivity index (χ1v) is 6.08. The van der Waals surface area contributed by atoms with E-state index in [1.807, 2.05) is 0 Å². The monoisotopic (exact) mass is 240 g/mol. The molecule has 1 fully saturated rings. The average molecular weight is 240 g/mol. The van der Waals surface area contributed by atoms with E-state index >= 15 is 0 Å². The van der Waals surface area contributed by atoms with Crippen molar-refractivity contribution in [2.45, 2.75) is 25.9 Å². The topological polar surface area (TPSA) is 15.3 Å². The summed E-state index contributed by atoms with van der Waals surface area (Å²) in [5.74, 6) is -0.963. The van der Waals surface area contributed by atoms with Crippen LogP contribution < -0.4 is 5.32 Å². The smallest absolute Gasteiger partial charge is 0.130 e. The molecular weight excluding hydrogens is 222 g/mol. The Morgan fingerprint density at radius 2 is 2.24 bits per heavy atom. The summed E-state index contributed by atoms with van der Waals surface area (Å²) in [5.41, 5.74) is 0.573. The number of rotatable bonds is 4. The van der Waals surface area contributed by atoms with Crippen molar-refractivity contribution in [1.82, 2.24) is 10.2 Å². The van der Waals surface area contributed by atoms with Gasteiger partial charge in [0.25, 0.3) is 0 Å². The molecule has 1 aromatic rings. The Kier molecular flexibility index (Phi) is 4.07. The maximum atomic E-state index is 13.5. The highest BCUT2D eigenvalue weighted by Crippen LogP contribution is 2.16. The molecule has 4 heteroatoms. The Hall–Kier alpha value is -1.00. The highest BCUT2D eigenvalue weighted by molar-refractivity contribution is 5.18. The predicted molar refractivity (Wildman–Crippen MR) is 63.7 cm³/mol. The SMILES string of the molecule is CCNC1CCN(Cc2ccc(F)cc2F)C1. The first kappa shape index (κ1) is 12.5. The fourth-order valence-corrected chi connectivity index (χ4v) is 2.32. The Labute approximate surface area is 101 Å². The lowest BCUT2D eigenvalue weighted by molar-refractivity contribution is 0.315. The van der Waals surface area contributed by atoms with Crippen molar-refractivity contribution in [2.75, 3.05) is 19.6 Å². The third-order valence-corrected chi connectivity index (χ3v) is 3.17. The van der Waals surface area contributed by atoms with E-state index in [-0.39, 0.29) is 0 Å². The van der Waals surface area contributed by atoms with Crippen LogP contribution in [0, 0.1) is 11.6 Å². The second-order valence-corrected chi connectivity index (χ2v) is 4.51. The highest BCUT2D eigenvalue weighted by atomic mass is 19.1. The Morgan fingerprint density at radius 1 is 1.41 bits per heavy atom. The molecule has 1 unspecified atom stereocenters. The van der Waals surface area contributed by atoms with Crippen LogP contribution in [0.3, 0.4) is 0 Å². The Balaban J connectivity index is 1.93. The minimum absolute atomic E-state index is 0.447. The number of nitrogens with zero attached hydrogens (tertiary/aromatic N) is 1. The van der Waals surface area contributed by atoms with Crippen molar-refractivity contribution in [2.24, 2.45) is 0 Å². The third-order valence-electron chi connectivity index (χ3n) is 3.17. The molecule has 0 amide bonds. The van der Waals surface area contributed by atoms with Crippen molar-refractivity contribution in [3.8, 4) is 0 Å². The fraction of sp³-hybridized carbons (Fsp3) is 0.538. The van der Waals surface area contributed by atoms with E-state index in [4.69, 9.17) is 0 Å². The van der Waals surface area contributed by atoms with Crippen LogP contribution in [-0.4, -0.2) is 30.6 Å². The molecule has 0 spiro atoms. The van der Waals surface area contributed by atoms with E-state index in [0.29, 0.717) is 18.2 Å². The van der Waals surface area contributed by atoms with E-state index < -0.39 is 11.6 Å². The van der Waals surface area contributed by atoms with Gasteiger partial charge in [-0.2, -0.15) is 0 Å². The van der Waals surface area contributed by atoms with Gasteiger partial charge in [-0.15, -0.1) is 0 Å². The molecular formula is C13H18F2N2. The molecule has 94 valence electrons. The second kappa shape index (κ2) is 5.56.